The summed E-state index contributed by atoms with van der Waals surface area (Å²) in [5.41, 5.74) is 10.5. The van der Waals surface area contributed by atoms with E-state index in [4.69, 9.17) is 5.73 Å². The van der Waals surface area contributed by atoms with Gasteiger partial charge in [-0.25, -0.2) is 0 Å². The van der Waals surface area contributed by atoms with Crippen LogP contribution in [0.5, 0.6) is 0 Å². The van der Waals surface area contributed by atoms with E-state index < -0.39 is 0 Å². The van der Waals surface area contributed by atoms with Crippen LogP contribution in [0.15, 0.2) is 30.3 Å². The number of nitrogens with two attached hydrogens (primary N) is 1. The first-order valence-electron chi connectivity index (χ1n) is 6.00. The normalized spacial score (nSPS) is 24.0. The lowest BCUT2D eigenvalue weighted by Crippen LogP contribution is -2.30. The highest BCUT2D eigenvalue weighted by molar-refractivity contribution is 5.67. The fraction of sp³-hybridized carbons (Fsp3) is 0.467. The maximum absolute atomic E-state index is 6.09. The van der Waals surface area contributed by atoms with Crippen LogP contribution in [0.4, 0.5) is 0 Å². The Balaban J connectivity index is 2.30. The molecule has 0 amide bonds. The fourth-order valence-corrected chi connectivity index (χ4v) is 2.57. The lowest BCUT2D eigenvalue weighted by Gasteiger charge is -2.33. The molecular weight excluding hydrogens is 194 g/mol. The van der Waals surface area contributed by atoms with Gasteiger partial charge in [0.05, 0.1) is 0 Å². The van der Waals surface area contributed by atoms with Crippen LogP contribution in [0.2, 0.25) is 0 Å². The number of allylic oxidation sites excluding steroid dienone is 1. The van der Waals surface area contributed by atoms with Gasteiger partial charge in [0.2, 0.25) is 0 Å². The number of rotatable bonds is 1. The molecule has 1 nitrogen and oxygen atoms in total. The maximum atomic E-state index is 6.09. The molecule has 2 rings (SSSR count). The minimum atomic E-state index is 0.208. The van der Waals surface area contributed by atoms with Crippen LogP contribution in [-0.4, -0.2) is 6.04 Å². The molecule has 0 aliphatic heterocycles. The van der Waals surface area contributed by atoms with E-state index in [0.717, 1.165) is 12.8 Å². The van der Waals surface area contributed by atoms with Crippen LogP contribution in [0.25, 0.3) is 5.57 Å². The molecule has 0 heterocycles. The molecule has 0 aromatic heterocycles. The number of benzene rings is 1. The molecule has 2 N–H and O–H groups in total. The molecule has 0 saturated heterocycles. The molecule has 0 spiro atoms. The maximum Gasteiger partial charge on any atom is 0.0234 e. The molecule has 1 aromatic carbocycles. The molecule has 1 heteroatoms. The van der Waals surface area contributed by atoms with Gasteiger partial charge in [-0.1, -0.05) is 49.8 Å². The van der Waals surface area contributed by atoms with Gasteiger partial charge in [-0.05, 0) is 36.3 Å². The summed E-state index contributed by atoms with van der Waals surface area (Å²) in [7, 11) is 0. The summed E-state index contributed by atoms with van der Waals surface area (Å²) >= 11 is 0. The van der Waals surface area contributed by atoms with Crippen molar-refractivity contribution in [3.63, 3.8) is 0 Å². The molecule has 0 radical (unpaired) electrons. The predicted octanol–water partition coefficient (Wildman–Crippen LogP) is 3.53. The second kappa shape index (κ2) is 4.06. The molecule has 1 aliphatic rings. The topological polar surface area (TPSA) is 26.0 Å². The van der Waals surface area contributed by atoms with Crippen LogP contribution in [0.3, 0.4) is 0 Å². The first kappa shape index (κ1) is 11.4. The Bertz CT molecular complexity index is 398. The summed E-state index contributed by atoms with van der Waals surface area (Å²) in [4.78, 5) is 0. The van der Waals surface area contributed by atoms with Crippen molar-refractivity contribution in [2.24, 2.45) is 11.1 Å². The summed E-state index contributed by atoms with van der Waals surface area (Å²) in [6, 6.07) is 8.96. The minimum absolute atomic E-state index is 0.208. The van der Waals surface area contributed by atoms with E-state index in [2.05, 4.69) is 51.1 Å². The Hall–Kier alpha value is -1.08. The molecule has 1 aliphatic carbocycles. The average molecular weight is 215 g/mol. The molecule has 16 heavy (non-hydrogen) atoms. The quantitative estimate of drug-likeness (QED) is 0.762. The van der Waals surface area contributed by atoms with Crippen LogP contribution in [0.1, 0.15) is 37.8 Å². The molecule has 0 fully saturated rings. The lowest BCUT2D eigenvalue weighted by atomic mass is 9.74. The van der Waals surface area contributed by atoms with Crippen LogP contribution >= 0.6 is 0 Å². The zero-order valence-corrected chi connectivity index (χ0v) is 10.5. The lowest BCUT2D eigenvalue weighted by molar-refractivity contribution is 0.319. The molecule has 1 aromatic rings. The van der Waals surface area contributed by atoms with Gasteiger partial charge in [-0.3, -0.25) is 0 Å². The number of hydrogen-bond donors (Lipinski definition) is 1. The van der Waals surface area contributed by atoms with Gasteiger partial charge in [-0.15, -0.1) is 0 Å². The molecule has 86 valence electrons. The molecular formula is C15H21N. The summed E-state index contributed by atoms with van der Waals surface area (Å²) in [6.07, 6.45) is 4.45. The number of hydrogen-bond acceptors (Lipinski definition) is 1. The van der Waals surface area contributed by atoms with Crippen LogP contribution in [0, 0.1) is 12.3 Å². The SMILES string of the molecule is Cc1ccc(C2=CC(N)CC(C)(C)C2)cc1. The third kappa shape index (κ3) is 2.53. The Labute approximate surface area is 98.4 Å². The zero-order valence-electron chi connectivity index (χ0n) is 10.5. The smallest absolute Gasteiger partial charge is 0.0234 e. The van der Waals surface area contributed by atoms with Crippen LogP contribution < -0.4 is 5.73 Å². The highest BCUT2D eigenvalue weighted by atomic mass is 14.6. The highest BCUT2D eigenvalue weighted by Crippen LogP contribution is 2.38. The summed E-state index contributed by atoms with van der Waals surface area (Å²) in [5.74, 6) is 0. The van der Waals surface area contributed by atoms with E-state index in [1.165, 1.54) is 16.7 Å². The third-order valence-electron chi connectivity index (χ3n) is 3.29. The number of aryl methyl sites for hydroxylation is 1. The van der Waals surface area contributed by atoms with E-state index in [9.17, 15) is 0 Å². The van der Waals surface area contributed by atoms with Gasteiger partial charge in [0.15, 0.2) is 0 Å². The first-order valence-corrected chi connectivity index (χ1v) is 6.00. The van der Waals surface area contributed by atoms with Crippen molar-refractivity contribution >= 4 is 5.57 Å². The first-order chi connectivity index (χ1) is 7.46. The van der Waals surface area contributed by atoms with Crippen molar-refractivity contribution in [3.05, 3.63) is 41.5 Å². The summed E-state index contributed by atoms with van der Waals surface area (Å²) in [6.45, 7) is 6.72. The van der Waals surface area contributed by atoms with Gasteiger partial charge in [0.1, 0.15) is 0 Å². The fourth-order valence-electron chi connectivity index (χ4n) is 2.57. The Morgan fingerprint density at radius 2 is 1.81 bits per heavy atom. The molecule has 0 bridgehead atoms. The van der Waals surface area contributed by atoms with E-state index in [1.54, 1.807) is 0 Å². The molecule has 1 unspecified atom stereocenters. The van der Waals surface area contributed by atoms with Gasteiger partial charge in [-0.2, -0.15) is 0 Å². The monoisotopic (exact) mass is 215 g/mol. The Morgan fingerprint density at radius 3 is 2.38 bits per heavy atom. The zero-order chi connectivity index (χ0) is 11.8. The Morgan fingerprint density at radius 1 is 1.19 bits per heavy atom. The van der Waals surface area contributed by atoms with Crippen molar-refractivity contribution < 1.29 is 0 Å². The Kier molecular flexibility index (Phi) is 2.90. The second-order valence-corrected chi connectivity index (χ2v) is 5.77. The highest BCUT2D eigenvalue weighted by Gasteiger charge is 2.27. The predicted molar refractivity (Wildman–Crippen MR) is 70.1 cm³/mol. The van der Waals surface area contributed by atoms with Gasteiger partial charge in [0.25, 0.3) is 0 Å². The summed E-state index contributed by atoms with van der Waals surface area (Å²) in [5, 5.41) is 0. The van der Waals surface area contributed by atoms with E-state index in [0.29, 0.717) is 5.41 Å². The van der Waals surface area contributed by atoms with Crippen molar-refractivity contribution in [2.75, 3.05) is 0 Å². The van der Waals surface area contributed by atoms with Crippen molar-refractivity contribution in [2.45, 2.75) is 39.7 Å². The van der Waals surface area contributed by atoms with E-state index >= 15 is 0 Å². The molecule has 0 saturated carbocycles. The second-order valence-electron chi connectivity index (χ2n) is 5.77. The van der Waals surface area contributed by atoms with Gasteiger partial charge >= 0.3 is 0 Å². The largest absolute Gasteiger partial charge is 0.324 e. The van der Waals surface area contributed by atoms with Crippen molar-refractivity contribution in [1.29, 1.82) is 0 Å². The van der Waals surface area contributed by atoms with Crippen molar-refractivity contribution in [1.82, 2.24) is 0 Å². The minimum Gasteiger partial charge on any atom is -0.324 e. The van der Waals surface area contributed by atoms with Gasteiger partial charge in [0, 0.05) is 6.04 Å². The standard InChI is InChI=1S/C15H21N/c1-11-4-6-12(7-5-11)13-8-14(16)10-15(2,3)9-13/h4-8,14H,9-10,16H2,1-3H3. The van der Waals surface area contributed by atoms with Crippen LogP contribution in [-0.2, 0) is 0 Å². The average Bonchev–Trinajstić information content (AvgIpc) is 2.15. The third-order valence-corrected chi connectivity index (χ3v) is 3.29. The van der Waals surface area contributed by atoms with E-state index in [1.807, 2.05) is 0 Å². The van der Waals surface area contributed by atoms with Crippen molar-refractivity contribution in [3.8, 4) is 0 Å². The van der Waals surface area contributed by atoms with E-state index in [-0.39, 0.29) is 6.04 Å². The summed E-state index contributed by atoms with van der Waals surface area (Å²) < 4.78 is 0. The molecule has 1 atom stereocenters. The van der Waals surface area contributed by atoms with Gasteiger partial charge < -0.3 is 5.73 Å².